The van der Waals surface area contributed by atoms with Crippen LogP contribution in [0.15, 0.2) is 53.4 Å². The lowest BCUT2D eigenvalue weighted by Crippen LogP contribution is -2.37. The normalized spacial score (nSPS) is 12.6. The number of ether oxygens (including phenoxy) is 1. The Hall–Kier alpha value is -2.23. The number of anilines is 1. The number of hydrogen-bond acceptors (Lipinski definition) is 7. The summed E-state index contributed by atoms with van der Waals surface area (Å²) in [4.78, 5) is -1.31. The summed E-state index contributed by atoms with van der Waals surface area (Å²) in [5.41, 5.74) is -1.27. The van der Waals surface area contributed by atoms with Crippen molar-refractivity contribution in [1.29, 1.82) is 0 Å². The molecule has 0 amide bonds. The fourth-order valence-electron chi connectivity index (χ4n) is 1.97. The summed E-state index contributed by atoms with van der Waals surface area (Å²) in [5.74, 6) is -0.590. The van der Waals surface area contributed by atoms with E-state index in [0.29, 0.717) is 6.07 Å². The van der Waals surface area contributed by atoms with Crippen molar-refractivity contribution in [2.45, 2.75) is 4.90 Å². The third-order valence-electron chi connectivity index (χ3n) is 2.80. The smallest absolute Gasteiger partial charge is 0.375 e. The fraction of sp³-hybridized carbons (Fsp3) is 0. The van der Waals surface area contributed by atoms with Gasteiger partial charge in [0.1, 0.15) is 5.75 Å². The van der Waals surface area contributed by atoms with Gasteiger partial charge in [-0.2, -0.15) is 25.3 Å². The Kier molecular flexibility index (Phi) is 5.27. The number of benzene rings is 2. The van der Waals surface area contributed by atoms with E-state index >= 15 is 0 Å². The molecule has 0 fully saturated rings. The third kappa shape index (κ3) is 4.48. The van der Waals surface area contributed by atoms with Crippen LogP contribution in [0.1, 0.15) is 0 Å². The molecule has 0 saturated carbocycles. The van der Waals surface area contributed by atoms with E-state index < -0.39 is 50.8 Å². The van der Waals surface area contributed by atoms with Gasteiger partial charge in [0.15, 0.2) is 10.6 Å². The average Bonchev–Trinajstić information content (AvgIpc) is 2.44. The molecule has 14 heteroatoms. The topological polar surface area (TPSA) is 176 Å². The highest BCUT2D eigenvalue weighted by atomic mass is 32.3. The highest BCUT2D eigenvalue weighted by Crippen LogP contribution is 2.38. The molecule has 0 spiro atoms. The molecule has 0 aliphatic heterocycles. The summed E-state index contributed by atoms with van der Waals surface area (Å²) in [6.45, 7) is 0. The van der Waals surface area contributed by atoms with Gasteiger partial charge in [-0.15, -0.1) is 3.71 Å². The Morgan fingerprint density at radius 2 is 1.27 bits per heavy atom. The van der Waals surface area contributed by atoms with Crippen LogP contribution in [0.3, 0.4) is 0 Å². The predicted octanol–water partition coefficient (Wildman–Crippen LogP) is 1.14. The second-order valence-corrected chi connectivity index (χ2v) is 8.76. The summed E-state index contributed by atoms with van der Waals surface area (Å²) in [6, 6.07) is 10.0. The molecule has 0 aliphatic rings. The Bertz CT molecular complexity index is 1090. The molecule has 0 saturated heterocycles. The minimum absolute atomic E-state index is 0.0693. The quantitative estimate of drug-likeness (QED) is 0.569. The van der Waals surface area contributed by atoms with E-state index in [1.165, 1.54) is 24.3 Å². The first-order valence-corrected chi connectivity index (χ1v) is 10.6. The van der Waals surface area contributed by atoms with Gasteiger partial charge in [-0.1, -0.05) is 24.3 Å². The average molecular weight is 425 g/mol. The number of para-hydroxylation sites is 1. The molecule has 0 unspecified atom stereocenters. The zero-order valence-corrected chi connectivity index (χ0v) is 14.9. The molecule has 11 nitrogen and oxygen atoms in total. The second-order valence-electron chi connectivity index (χ2n) is 4.65. The van der Waals surface area contributed by atoms with Gasteiger partial charge in [-0.25, -0.2) is 0 Å². The van der Waals surface area contributed by atoms with Gasteiger partial charge < -0.3 is 4.74 Å². The lowest BCUT2D eigenvalue weighted by Gasteiger charge is -2.20. The van der Waals surface area contributed by atoms with Crippen LogP contribution in [0.25, 0.3) is 0 Å². The molecule has 0 radical (unpaired) electrons. The van der Waals surface area contributed by atoms with Crippen molar-refractivity contribution in [3.63, 3.8) is 0 Å². The van der Waals surface area contributed by atoms with Crippen LogP contribution in [0.4, 0.5) is 5.69 Å². The summed E-state index contributed by atoms with van der Waals surface area (Å²) in [6.07, 6.45) is 0. The predicted molar refractivity (Wildman–Crippen MR) is 88.3 cm³/mol. The molecular formula is C12H11NO10S3. The zero-order valence-electron chi connectivity index (χ0n) is 12.5. The Balaban J connectivity index is 2.81. The van der Waals surface area contributed by atoms with Gasteiger partial charge in [0.25, 0.3) is 10.1 Å². The molecule has 0 bridgehead atoms. The SMILES string of the molecule is O=S(=O)(O)c1c(Oc2ccccc2)cccc1N(S(=O)(=O)O)S(=O)(=O)O. The molecule has 3 N–H and O–H groups in total. The molecule has 2 aromatic carbocycles. The molecule has 0 atom stereocenters. The molecule has 26 heavy (non-hydrogen) atoms. The molecule has 0 aliphatic carbocycles. The maximum atomic E-state index is 11.7. The highest BCUT2D eigenvalue weighted by molar-refractivity contribution is 8.05. The van der Waals surface area contributed by atoms with Crippen molar-refractivity contribution in [3.8, 4) is 11.5 Å². The molecule has 2 aromatic rings. The Labute approximate surface area is 149 Å². The van der Waals surface area contributed by atoms with E-state index in [1.807, 2.05) is 0 Å². The van der Waals surface area contributed by atoms with Crippen molar-refractivity contribution in [3.05, 3.63) is 48.5 Å². The molecule has 142 valence electrons. The van der Waals surface area contributed by atoms with Crippen LogP contribution in [0.5, 0.6) is 11.5 Å². The van der Waals surface area contributed by atoms with Gasteiger partial charge in [-0.3, -0.25) is 13.7 Å². The number of hydrogen-bond donors (Lipinski definition) is 3. The molecule has 0 heterocycles. The summed E-state index contributed by atoms with van der Waals surface area (Å²) in [7, 11) is -16.6. The number of rotatable bonds is 6. The maximum absolute atomic E-state index is 11.7. The first-order valence-electron chi connectivity index (χ1n) is 6.40. The van der Waals surface area contributed by atoms with Crippen molar-refractivity contribution in [1.82, 2.24) is 0 Å². The van der Waals surface area contributed by atoms with Gasteiger partial charge in [-0.05, 0) is 24.3 Å². The lowest BCUT2D eigenvalue weighted by atomic mass is 10.3. The minimum atomic E-state index is -5.68. The van der Waals surface area contributed by atoms with Crippen LogP contribution < -0.4 is 8.45 Å². The van der Waals surface area contributed by atoms with Crippen LogP contribution in [0, 0.1) is 0 Å². The largest absolute Gasteiger partial charge is 0.456 e. The van der Waals surface area contributed by atoms with E-state index in [2.05, 4.69) is 0 Å². The molecular weight excluding hydrogens is 414 g/mol. The summed E-state index contributed by atoms with van der Waals surface area (Å²) in [5, 5.41) is 0. The third-order valence-corrected chi connectivity index (χ3v) is 6.09. The fourth-order valence-corrected chi connectivity index (χ4v) is 4.63. The van der Waals surface area contributed by atoms with Crippen molar-refractivity contribution < 1.29 is 43.6 Å². The summed E-state index contributed by atoms with van der Waals surface area (Å²) < 4.78 is 101. The van der Waals surface area contributed by atoms with E-state index in [0.717, 1.165) is 12.1 Å². The molecule has 0 aromatic heterocycles. The highest BCUT2D eigenvalue weighted by Gasteiger charge is 2.37. The zero-order chi connectivity index (χ0) is 19.8. The van der Waals surface area contributed by atoms with Crippen LogP contribution in [-0.4, -0.2) is 38.9 Å². The minimum Gasteiger partial charge on any atom is -0.456 e. The lowest BCUT2D eigenvalue weighted by molar-refractivity contribution is 0.450. The van der Waals surface area contributed by atoms with Gasteiger partial charge in [0, 0.05) is 0 Å². The van der Waals surface area contributed by atoms with Crippen molar-refractivity contribution in [2.24, 2.45) is 0 Å². The number of nitrogens with zero attached hydrogens (tertiary/aromatic N) is 1. The van der Waals surface area contributed by atoms with Crippen molar-refractivity contribution in [2.75, 3.05) is 3.71 Å². The van der Waals surface area contributed by atoms with E-state index in [1.54, 1.807) is 6.07 Å². The monoisotopic (exact) mass is 425 g/mol. The first kappa shape index (κ1) is 20.1. The first-order chi connectivity index (χ1) is 11.8. The van der Waals surface area contributed by atoms with Crippen LogP contribution in [0.2, 0.25) is 0 Å². The van der Waals surface area contributed by atoms with Crippen LogP contribution in [-0.2, 0) is 30.7 Å². The standard InChI is InChI=1S/C12H11NO10S3/c14-24(15,16)12-10(13(25(17,18)19)26(20,21)22)7-4-8-11(12)23-9-5-2-1-3-6-9/h1-8H,(H,14,15,16)(H,17,18,19)(H,20,21,22). The van der Waals surface area contributed by atoms with Gasteiger partial charge in [0.05, 0.1) is 5.69 Å². The Morgan fingerprint density at radius 3 is 1.73 bits per heavy atom. The van der Waals surface area contributed by atoms with Crippen molar-refractivity contribution >= 4 is 36.4 Å². The second kappa shape index (κ2) is 6.82. The van der Waals surface area contributed by atoms with E-state index in [4.69, 9.17) is 13.8 Å². The van der Waals surface area contributed by atoms with Crippen LogP contribution >= 0.6 is 0 Å². The molecule has 2 rings (SSSR count). The van der Waals surface area contributed by atoms with Gasteiger partial charge in [0.2, 0.25) is 0 Å². The summed E-state index contributed by atoms with van der Waals surface area (Å²) >= 11 is 0. The van der Waals surface area contributed by atoms with E-state index in [9.17, 15) is 29.8 Å². The Morgan fingerprint density at radius 1 is 0.731 bits per heavy atom. The maximum Gasteiger partial charge on any atom is 0.375 e. The van der Waals surface area contributed by atoms with E-state index in [-0.39, 0.29) is 5.75 Å². The van der Waals surface area contributed by atoms with Gasteiger partial charge >= 0.3 is 20.6 Å².